The first-order chi connectivity index (χ1) is 23.8. The van der Waals surface area contributed by atoms with Crippen LogP contribution in [0, 0.1) is 0 Å². The summed E-state index contributed by atoms with van der Waals surface area (Å²) in [7, 11) is 0. The summed E-state index contributed by atoms with van der Waals surface area (Å²) in [5.74, 6) is -0.623. The van der Waals surface area contributed by atoms with Crippen molar-refractivity contribution < 1.29 is 34.4 Å². The number of aromatic hydroxyl groups is 1. The molecule has 12 nitrogen and oxygen atoms in total. The van der Waals surface area contributed by atoms with Gasteiger partial charge in [-0.25, -0.2) is 0 Å². The van der Waals surface area contributed by atoms with Gasteiger partial charge >= 0.3 is 5.97 Å². The molecule has 0 unspecified atom stereocenters. The van der Waals surface area contributed by atoms with Crippen molar-refractivity contribution in [1.29, 1.82) is 0 Å². The second-order valence-electron chi connectivity index (χ2n) is 11.5. The van der Waals surface area contributed by atoms with Crippen LogP contribution in [0.1, 0.15) is 53.9 Å². The molecule has 0 saturated carbocycles. The molecule has 6 rings (SSSR count). The number of ether oxygens (including phenoxy) is 2. The van der Waals surface area contributed by atoms with Crippen LogP contribution in [0.4, 0.5) is 0 Å². The van der Waals surface area contributed by atoms with Crippen LogP contribution < -0.4 is 5.32 Å². The van der Waals surface area contributed by atoms with Crippen LogP contribution >= 0.6 is 11.8 Å². The molecule has 252 valence electrons. The molecule has 1 amide bonds. The average molecular weight is 682 g/mol. The number of phenolic OH excluding ortho intramolecular Hbond substituents is 1. The number of benzene rings is 4. The summed E-state index contributed by atoms with van der Waals surface area (Å²) in [5, 5.41) is 43.6. The second-order valence-corrected chi connectivity index (χ2v) is 12.5. The molecule has 5 aromatic rings. The number of aliphatic hydroxyl groups is 1. The average Bonchev–Trinajstić information content (AvgIpc) is 3.61. The number of nitrogens with one attached hydrogen (secondary N) is 1. The summed E-state index contributed by atoms with van der Waals surface area (Å²) in [6, 6.07) is 30.1. The highest BCUT2D eigenvalue weighted by atomic mass is 32.2. The Labute approximate surface area is 286 Å². The van der Waals surface area contributed by atoms with Gasteiger partial charge in [0.05, 0.1) is 30.9 Å². The third-order valence-corrected chi connectivity index (χ3v) is 9.07. The predicted octanol–water partition coefficient (Wildman–Crippen LogP) is 5.35. The van der Waals surface area contributed by atoms with Gasteiger partial charge in [-0.05, 0) is 74.6 Å². The maximum absolute atomic E-state index is 12.1. The Kier molecular flexibility index (Phi) is 11.0. The number of hydrogen-bond acceptors (Lipinski definition) is 10. The van der Waals surface area contributed by atoms with Crippen LogP contribution in [0.3, 0.4) is 0 Å². The molecule has 3 atom stereocenters. The molecule has 0 aliphatic carbocycles. The van der Waals surface area contributed by atoms with Crippen molar-refractivity contribution in [2.75, 3.05) is 5.75 Å². The molecule has 1 aromatic heterocycles. The first-order valence-electron chi connectivity index (χ1n) is 15.7. The van der Waals surface area contributed by atoms with Crippen LogP contribution in [0.25, 0.3) is 16.8 Å². The molecule has 1 aliphatic heterocycles. The molecule has 1 saturated heterocycles. The van der Waals surface area contributed by atoms with Crippen LogP contribution in [0.5, 0.6) is 5.75 Å². The predicted molar refractivity (Wildman–Crippen MR) is 181 cm³/mol. The molecule has 4 N–H and O–H groups in total. The standard InChI is InChI=1S/C36H35N5O7S/c42-21-23-7-9-25(10-8-23)32-19-31(22-49-36-38-39-40-41(36)29-11-13-30(43)14-12-29)47-35(48-32)28-6-2-5-27(18-28)26-4-1-3-24(17-26)20-37-33(44)15-16-34(45)46/h1-14,17-18,31-32,35,42-43H,15-16,19-22H2,(H,37,44)(H,45,46)/t31-,32+,35+/m1/s1. The molecule has 0 spiro atoms. The third-order valence-electron chi connectivity index (χ3n) is 8.02. The number of carboxylic acids is 1. The Morgan fingerprint density at radius 1 is 0.878 bits per heavy atom. The number of amides is 1. The maximum Gasteiger partial charge on any atom is 0.303 e. The number of phenols is 1. The SMILES string of the molecule is O=C(O)CCC(=O)NCc1cccc(-c2cccc([C@H]3O[C@@H](CSc4nnnn4-c4ccc(O)cc4)C[C@@H](c4ccc(CO)cc4)O3)c2)c1. The van der Waals surface area contributed by atoms with Crippen molar-refractivity contribution in [1.82, 2.24) is 25.5 Å². The van der Waals surface area contributed by atoms with Crippen molar-refractivity contribution in [2.24, 2.45) is 0 Å². The molecule has 49 heavy (non-hydrogen) atoms. The van der Waals surface area contributed by atoms with E-state index in [1.54, 1.807) is 28.9 Å². The summed E-state index contributed by atoms with van der Waals surface area (Å²) in [6.07, 6.45) is -0.874. The number of carboxylic acid groups (broad SMARTS) is 1. The van der Waals surface area contributed by atoms with Gasteiger partial charge in [-0.2, -0.15) is 4.68 Å². The number of rotatable bonds is 13. The Bertz CT molecular complexity index is 1880. The van der Waals surface area contributed by atoms with Gasteiger partial charge in [-0.15, -0.1) is 5.10 Å². The van der Waals surface area contributed by atoms with Crippen molar-refractivity contribution in [3.05, 3.63) is 119 Å². The normalized spacial score (nSPS) is 17.4. The van der Waals surface area contributed by atoms with E-state index >= 15 is 0 Å². The van der Waals surface area contributed by atoms with Crippen LogP contribution in [-0.4, -0.2) is 59.3 Å². The summed E-state index contributed by atoms with van der Waals surface area (Å²) in [4.78, 5) is 22.8. The van der Waals surface area contributed by atoms with E-state index in [1.807, 2.05) is 72.8 Å². The number of thioether (sulfide) groups is 1. The van der Waals surface area contributed by atoms with Gasteiger partial charge in [-0.1, -0.05) is 72.4 Å². The number of aliphatic hydroxyl groups excluding tert-OH is 1. The maximum atomic E-state index is 12.1. The van der Waals surface area contributed by atoms with Gasteiger partial charge in [0.15, 0.2) is 6.29 Å². The van der Waals surface area contributed by atoms with E-state index in [-0.39, 0.29) is 49.9 Å². The second kappa shape index (κ2) is 15.9. The summed E-state index contributed by atoms with van der Waals surface area (Å²) < 4.78 is 14.8. The molecule has 0 bridgehead atoms. The zero-order valence-electron chi connectivity index (χ0n) is 26.4. The van der Waals surface area contributed by atoms with Gasteiger partial charge < -0.3 is 30.1 Å². The minimum absolute atomic E-state index is 0.0440. The lowest BCUT2D eigenvalue weighted by Crippen LogP contribution is -2.31. The number of nitrogens with zero attached hydrogens (tertiary/aromatic N) is 4. The van der Waals surface area contributed by atoms with E-state index < -0.39 is 12.3 Å². The van der Waals surface area contributed by atoms with Gasteiger partial charge in [0, 0.05) is 30.7 Å². The van der Waals surface area contributed by atoms with E-state index in [4.69, 9.17) is 14.6 Å². The molecule has 1 aliphatic rings. The van der Waals surface area contributed by atoms with E-state index in [0.29, 0.717) is 17.3 Å². The first-order valence-corrected chi connectivity index (χ1v) is 16.7. The molecule has 0 radical (unpaired) electrons. The number of carbonyl (C=O) groups excluding carboxylic acids is 1. The number of carbonyl (C=O) groups is 2. The van der Waals surface area contributed by atoms with Crippen molar-refractivity contribution in [3.63, 3.8) is 0 Å². The van der Waals surface area contributed by atoms with E-state index in [9.17, 15) is 19.8 Å². The Morgan fingerprint density at radius 3 is 2.39 bits per heavy atom. The summed E-state index contributed by atoms with van der Waals surface area (Å²) in [5.41, 5.74) is 6.12. The largest absolute Gasteiger partial charge is 0.508 e. The summed E-state index contributed by atoms with van der Waals surface area (Å²) >= 11 is 1.46. The fourth-order valence-corrected chi connectivity index (χ4v) is 6.36. The Balaban J connectivity index is 1.20. The van der Waals surface area contributed by atoms with E-state index in [0.717, 1.165) is 39.1 Å². The smallest absolute Gasteiger partial charge is 0.303 e. The molecular weight excluding hydrogens is 646 g/mol. The first kappa shape index (κ1) is 33.8. The Morgan fingerprint density at radius 2 is 1.63 bits per heavy atom. The monoisotopic (exact) mass is 681 g/mol. The molecular formula is C36H35N5O7S. The highest BCUT2D eigenvalue weighted by Crippen LogP contribution is 2.40. The number of tetrazole rings is 1. The lowest BCUT2D eigenvalue weighted by molar-refractivity contribution is -0.245. The number of aromatic nitrogens is 4. The topological polar surface area (TPSA) is 169 Å². The van der Waals surface area contributed by atoms with Crippen LogP contribution in [-0.2, 0) is 32.2 Å². The quantitative estimate of drug-likeness (QED) is 0.118. The Hall–Kier alpha value is -5.08. The number of aliphatic carboxylic acids is 1. The fraction of sp³-hybridized carbons (Fsp3) is 0.250. The third kappa shape index (κ3) is 8.89. The highest BCUT2D eigenvalue weighted by Gasteiger charge is 2.33. The lowest BCUT2D eigenvalue weighted by atomic mass is 9.99. The van der Waals surface area contributed by atoms with E-state index in [1.165, 1.54) is 11.8 Å². The van der Waals surface area contributed by atoms with Crippen LogP contribution in [0.2, 0.25) is 0 Å². The van der Waals surface area contributed by atoms with Crippen molar-refractivity contribution in [3.8, 4) is 22.6 Å². The van der Waals surface area contributed by atoms with Gasteiger partial charge in [-0.3, -0.25) is 9.59 Å². The molecule has 1 fully saturated rings. The van der Waals surface area contributed by atoms with E-state index in [2.05, 4.69) is 20.8 Å². The molecule has 4 aromatic carbocycles. The summed E-state index contributed by atoms with van der Waals surface area (Å²) in [6.45, 7) is 0.241. The van der Waals surface area contributed by atoms with Crippen LogP contribution in [0.15, 0.2) is 102 Å². The van der Waals surface area contributed by atoms with Crippen molar-refractivity contribution >= 4 is 23.6 Å². The zero-order chi connectivity index (χ0) is 34.2. The van der Waals surface area contributed by atoms with Gasteiger partial charge in [0.2, 0.25) is 11.1 Å². The minimum Gasteiger partial charge on any atom is -0.508 e. The zero-order valence-corrected chi connectivity index (χ0v) is 27.2. The minimum atomic E-state index is -1.01. The van der Waals surface area contributed by atoms with Crippen molar-refractivity contribution in [2.45, 2.75) is 56.1 Å². The molecule has 2 heterocycles. The molecule has 13 heteroatoms. The number of hydrogen-bond donors (Lipinski definition) is 4. The van der Waals surface area contributed by atoms with Gasteiger partial charge in [0.1, 0.15) is 5.75 Å². The highest BCUT2D eigenvalue weighted by molar-refractivity contribution is 7.99. The lowest BCUT2D eigenvalue weighted by Gasteiger charge is -2.36. The van der Waals surface area contributed by atoms with Gasteiger partial charge in [0.25, 0.3) is 0 Å². The fourth-order valence-electron chi connectivity index (χ4n) is 5.45.